The molecule has 0 aromatic heterocycles. The van der Waals surface area contributed by atoms with Crippen LogP contribution in [-0.4, -0.2) is 45.3 Å². The Hall–Kier alpha value is -4.11. The number of carbonyl (C=O) groups is 3. The summed E-state index contributed by atoms with van der Waals surface area (Å²) in [7, 11) is 2.82. The van der Waals surface area contributed by atoms with Crippen LogP contribution in [0.1, 0.15) is 46.3 Å². The van der Waals surface area contributed by atoms with Crippen LogP contribution in [0.5, 0.6) is 5.75 Å². The molecule has 0 radical (unpaired) electrons. The minimum atomic E-state index is -0.859. The summed E-state index contributed by atoms with van der Waals surface area (Å²) in [5, 5.41) is 6.10. The number of ether oxygens (including phenoxy) is 4. The van der Waals surface area contributed by atoms with E-state index in [2.05, 4.69) is 22.8 Å². The summed E-state index contributed by atoms with van der Waals surface area (Å²) in [4.78, 5) is 38.9. The number of aryl methyl sites for hydroxylation is 3. The van der Waals surface area contributed by atoms with E-state index < -0.39 is 24.0 Å². The maximum absolute atomic E-state index is 13.8. The van der Waals surface area contributed by atoms with Gasteiger partial charge in [-0.05, 0) is 43.5 Å². The van der Waals surface area contributed by atoms with Crippen molar-refractivity contribution in [2.75, 3.05) is 32.8 Å². The number of methoxy groups -OCH3 is 2. The Morgan fingerprint density at radius 1 is 1.08 bits per heavy atom. The fourth-order valence-corrected chi connectivity index (χ4v) is 5.78. The van der Waals surface area contributed by atoms with Gasteiger partial charge in [-0.3, -0.25) is 4.79 Å². The summed E-state index contributed by atoms with van der Waals surface area (Å²) >= 11 is 0. The van der Waals surface area contributed by atoms with E-state index in [1.807, 2.05) is 20.8 Å². The number of rotatable bonds is 5. The van der Waals surface area contributed by atoms with Crippen LogP contribution in [0.3, 0.4) is 0 Å². The van der Waals surface area contributed by atoms with Crippen molar-refractivity contribution in [3.63, 3.8) is 0 Å². The third-order valence-electron chi connectivity index (χ3n) is 7.12. The highest BCUT2D eigenvalue weighted by Crippen LogP contribution is 2.49. The molecule has 9 nitrogen and oxygen atoms in total. The van der Waals surface area contributed by atoms with Gasteiger partial charge < -0.3 is 29.6 Å². The summed E-state index contributed by atoms with van der Waals surface area (Å²) < 4.78 is 22.5. The first-order chi connectivity index (χ1) is 18.2. The molecule has 198 valence electrons. The highest BCUT2D eigenvalue weighted by molar-refractivity contribution is 6.02. The van der Waals surface area contributed by atoms with Gasteiger partial charge >= 0.3 is 11.9 Å². The zero-order valence-electron chi connectivity index (χ0n) is 22.0. The van der Waals surface area contributed by atoms with Gasteiger partial charge in [0.1, 0.15) is 11.9 Å². The lowest BCUT2D eigenvalue weighted by atomic mass is 9.77. The number of benzene rings is 2. The lowest BCUT2D eigenvalue weighted by Crippen LogP contribution is -2.39. The van der Waals surface area contributed by atoms with Gasteiger partial charge in [0.2, 0.25) is 0 Å². The van der Waals surface area contributed by atoms with Crippen LogP contribution in [-0.2, 0) is 28.6 Å². The second kappa shape index (κ2) is 9.98. The van der Waals surface area contributed by atoms with Gasteiger partial charge in [0.05, 0.1) is 42.2 Å². The third kappa shape index (κ3) is 4.32. The van der Waals surface area contributed by atoms with Crippen molar-refractivity contribution in [2.24, 2.45) is 0 Å². The number of carbonyl (C=O) groups excluding carboxylic acids is 3. The van der Waals surface area contributed by atoms with Crippen molar-refractivity contribution in [3.8, 4) is 5.75 Å². The van der Waals surface area contributed by atoms with Gasteiger partial charge in [-0.1, -0.05) is 29.8 Å². The van der Waals surface area contributed by atoms with Crippen molar-refractivity contribution in [2.45, 2.75) is 39.2 Å². The van der Waals surface area contributed by atoms with Gasteiger partial charge in [-0.15, -0.1) is 0 Å². The summed E-state index contributed by atoms with van der Waals surface area (Å²) in [6.45, 7) is 5.97. The van der Waals surface area contributed by atoms with Crippen molar-refractivity contribution in [3.05, 3.63) is 80.7 Å². The minimum absolute atomic E-state index is 0.0899. The lowest BCUT2D eigenvalue weighted by Gasteiger charge is -2.38. The van der Waals surface area contributed by atoms with Crippen LogP contribution in [0.4, 0.5) is 5.69 Å². The number of fused-ring (bicyclic) bond motifs is 1. The zero-order valence-corrected chi connectivity index (χ0v) is 22.0. The smallest absolute Gasteiger partial charge is 0.337 e. The number of nitrogens with one attached hydrogen (secondary N) is 2. The number of amides is 1. The molecule has 0 saturated heterocycles. The Morgan fingerprint density at radius 2 is 1.82 bits per heavy atom. The number of para-hydroxylation sites is 1. The van der Waals surface area contributed by atoms with Gasteiger partial charge in [0, 0.05) is 24.8 Å². The van der Waals surface area contributed by atoms with Gasteiger partial charge in [-0.25, -0.2) is 9.59 Å². The van der Waals surface area contributed by atoms with E-state index >= 15 is 0 Å². The molecular formula is C29H30N2O7. The summed E-state index contributed by atoms with van der Waals surface area (Å²) in [6.07, 6.45) is -0.116. The molecule has 2 aromatic carbocycles. The van der Waals surface area contributed by atoms with E-state index in [4.69, 9.17) is 18.9 Å². The van der Waals surface area contributed by atoms with Gasteiger partial charge in [-0.2, -0.15) is 0 Å². The summed E-state index contributed by atoms with van der Waals surface area (Å²) in [6, 6.07) is 9.38. The van der Waals surface area contributed by atoms with Crippen molar-refractivity contribution < 1.29 is 33.3 Å². The molecule has 2 atom stereocenters. The van der Waals surface area contributed by atoms with Crippen LogP contribution < -0.4 is 15.4 Å². The molecule has 3 aliphatic rings. The molecular weight excluding hydrogens is 488 g/mol. The maximum atomic E-state index is 13.8. The average Bonchev–Trinajstić information content (AvgIpc) is 2.86. The Kier molecular flexibility index (Phi) is 6.71. The third-order valence-corrected chi connectivity index (χ3v) is 7.12. The molecule has 1 amide bonds. The van der Waals surface area contributed by atoms with Crippen molar-refractivity contribution in [1.29, 1.82) is 0 Å². The van der Waals surface area contributed by atoms with Crippen molar-refractivity contribution >= 4 is 23.5 Å². The number of dihydropyridines is 1. The normalized spacial score (nSPS) is 20.6. The van der Waals surface area contributed by atoms with E-state index in [-0.39, 0.29) is 24.7 Å². The Bertz CT molecular complexity index is 1400. The quantitative estimate of drug-likeness (QED) is 0.577. The maximum Gasteiger partial charge on any atom is 0.337 e. The fourth-order valence-electron chi connectivity index (χ4n) is 5.78. The SMILES string of the molecule is COCC1=C(C(=O)OC)C(c2cccc3c2OCC(=O)N3)C2=C(CC(c3c(C)cc(C)cc3C)OC2=O)N1. The number of hydrogen-bond acceptors (Lipinski definition) is 8. The molecule has 0 bridgehead atoms. The average molecular weight is 519 g/mol. The van der Waals surface area contributed by atoms with E-state index in [9.17, 15) is 14.4 Å². The summed E-state index contributed by atoms with van der Waals surface area (Å²) in [5.74, 6) is -1.90. The summed E-state index contributed by atoms with van der Waals surface area (Å²) in [5.41, 5.74) is 6.86. The first-order valence-electron chi connectivity index (χ1n) is 12.4. The zero-order chi connectivity index (χ0) is 27.1. The highest BCUT2D eigenvalue weighted by Gasteiger charge is 2.45. The first kappa shape index (κ1) is 25.5. The molecule has 9 heteroatoms. The molecule has 2 aromatic rings. The van der Waals surface area contributed by atoms with Gasteiger partial charge in [0.25, 0.3) is 5.91 Å². The first-order valence-corrected chi connectivity index (χ1v) is 12.4. The van der Waals surface area contributed by atoms with Crippen LogP contribution in [0.15, 0.2) is 52.9 Å². The number of anilines is 1. The Morgan fingerprint density at radius 3 is 2.50 bits per heavy atom. The predicted molar refractivity (Wildman–Crippen MR) is 138 cm³/mol. The van der Waals surface area contributed by atoms with Crippen LogP contribution in [0.2, 0.25) is 0 Å². The molecule has 0 saturated carbocycles. The fraction of sp³-hybridized carbons (Fsp3) is 0.345. The molecule has 38 heavy (non-hydrogen) atoms. The van der Waals surface area contributed by atoms with E-state index in [0.29, 0.717) is 40.4 Å². The Labute approximate surface area is 220 Å². The standard InChI is InChI=1S/C29H30N2O7/c1-14-9-15(2)23(16(3)10-14)21-11-19-25(29(34)38-21)24(26(28(33)36-5)20(30-19)12-35-4)17-7-6-8-18-27(17)37-13-22(32)31-18/h6-10,21,24,30H,11-13H2,1-5H3,(H,31,32). The lowest BCUT2D eigenvalue weighted by molar-refractivity contribution is -0.147. The molecule has 3 heterocycles. The van der Waals surface area contributed by atoms with Crippen LogP contribution >= 0.6 is 0 Å². The van der Waals surface area contributed by atoms with E-state index in [0.717, 1.165) is 22.3 Å². The van der Waals surface area contributed by atoms with E-state index in [1.54, 1.807) is 18.2 Å². The second-order valence-electron chi connectivity index (χ2n) is 9.74. The van der Waals surface area contributed by atoms with Crippen LogP contribution in [0, 0.1) is 20.8 Å². The molecule has 5 rings (SSSR count). The Balaban J connectivity index is 1.68. The number of esters is 2. The van der Waals surface area contributed by atoms with Crippen molar-refractivity contribution in [1.82, 2.24) is 5.32 Å². The number of hydrogen-bond donors (Lipinski definition) is 2. The molecule has 0 spiro atoms. The largest absolute Gasteiger partial charge is 0.481 e. The molecule has 3 aliphatic heterocycles. The van der Waals surface area contributed by atoms with Gasteiger partial charge in [0.15, 0.2) is 6.61 Å². The highest BCUT2D eigenvalue weighted by atomic mass is 16.5. The molecule has 2 unspecified atom stereocenters. The molecule has 0 aliphatic carbocycles. The monoisotopic (exact) mass is 518 g/mol. The second-order valence-corrected chi connectivity index (χ2v) is 9.74. The molecule has 0 fully saturated rings. The number of cyclic esters (lactones) is 1. The van der Waals surface area contributed by atoms with E-state index in [1.165, 1.54) is 14.2 Å². The molecule has 2 N–H and O–H groups in total. The predicted octanol–water partition coefficient (Wildman–Crippen LogP) is 3.65. The minimum Gasteiger partial charge on any atom is -0.481 e. The topological polar surface area (TPSA) is 112 Å². The van der Waals surface area contributed by atoms with Crippen LogP contribution in [0.25, 0.3) is 0 Å².